The third-order valence-electron chi connectivity index (χ3n) is 3.34. The normalized spacial score (nSPS) is 11.2. The largest absolute Gasteiger partial charge is 0.426 e. The second kappa shape index (κ2) is 7.18. The van der Waals surface area contributed by atoms with Crippen LogP contribution in [0.3, 0.4) is 0 Å². The minimum atomic E-state index is -4.47. The molecule has 0 amide bonds. The average molecular weight is 386 g/mol. The molecule has 0 spiro atoms. The van der Waals surface area contributed by atoms with Gasteiger partial charge in [0.05, 0.1) is 16.2 Å². The molecule has 8 nitrogen and oxygen atoms in total. The summed E-state index contributed by atoms with van der Waals surface area (Å²) in [5.74, 6) is -0.620. The molecule has 0 aromatic heterocycles. The Hall–Kier alpha value is -2.49. The summed E-state index contributed by atoms with van der Waals surface area (Å²) in [6.45, 7) is 1.59. The van der Waals surface area contributed by atoms with Gasteiger partial charge in [-0.25, -0.2) is 0 Å². The molecule has 0 fully saturated rings. The van der Waals surface area contributed by atoms with E-state index in [1.165, 1.54) is 24.3 Å². The van der Waals surface area contributed by atoms with Crippen LogP contribution in [0.2, 0.25) is 5.02 Å². The first-order valence-electron chi connectivity index (χ1n) is 6.79. The van der Waals surface area contributed by atoms with Gasteiger partial charge in [-0.1, -0.05) is 11.6 Å². The molecule has 0 heterocycles. The number of rotatable bonds is 5. The van der Waals surface area contributed by atoms with Crippen molar-refractivity contribution in [1.29, 1.82) is 0 Å². The van der Waals surface area contributed by atoms with Crippen molar-refractivity contribution < 1.29 is 27.4 Å². The SMILES string of the molecule is Cc1c(Cl)cc(S(=O)(=O)O)cc1CC(=O)Oc1ccc([N+](=O)[O-])cc1. The summed E-state index contributed by atoms with van der Waals surface area (Å²) in [7, 11) is -4.47. The second-order valence-electron chi connectivity index (χ2n) is 5.07. The van der Waals surface area contributed by atoms with Gasteiger partial charge < -0.3 is 4.74 Å². The van der Waals surface area contributed by atoms with Crippen LogP contribution in [0.4, 0.5) is 5.69 Å². The zero-order chi connectivity index (χ0) is 18.8. The number of nitro groups is 1. The van der Waals surface area contributed by atoms with E-state index in [0.717, 1.165) is 12.1 Å². The molecule has 0 unspecified atom stereocenters. The maximum absolute atomic E-state index is 12.0. The summed E-state index contributed by atoms with van der Waals surface area (Å²) in [5, 5.41) is 10.7. The number of non-ortho nitro benzene ring substituents is 1. The fourth-order valence-corrected chi connectivity index (χ4v) is 2.86. The van der Waals surface area contributed by atoms with Crippen molar-refractivity contribution in [2.75, 3.05) is 0 Å². The van der Waals surface area contributed by atoms with Crippen LogP contribution in [0.5, 0.6) is 5.75 Å². The molecular weight excluding hydrogens is 374 g/mol. The van der Waals surface area contributed by atoms with Crippen LogP contribution < -0.4 is 4.74 Å². The molecule has 0 saturated carbocycles. The van der Waals surface area contributed by atoms with Gasteiger partial charge in [0, 0.05) is 17.2 Å². The van der Waals surface area contributed by atoms with Crippen molar-refractivity contribution in [3.05, 3.63) is 62.7 Å². The van der Waals surface area contributed by atoms with Gasteiger partial charge in [0.1, 0.15) is 5.75 Å². The Morgan fingerprint density at radius 3 is 2.40 bits per heavy atom. The van der Waals surface area contributed by atoms with Gasteiger partial charge >= 0.3 is 5.97 Å². The molecule has 0 bridgehead atoms. The van der Waals surface area contributed by atoms with Crippen molar-refractivity contribution >= 4 is 33.4 Å². The van der Waals surface area contributed by atoms with Crippen LogP contribution in [0, 0.1) is 17.0 Å². The van der Waals surface area contributed by atoms with Gasteiger partial charge in [-0.3, -0.25) is 19.5 Å². The highest BCUT2D eigenvalue weighted by atomic mass is 35.5. The zero-order valence-electron chi connectivity index (χ0n) is 12.8. The molecule has 10 heteroatoms. The number of hydrogen-bond acceptors (Lipinski definition) is 6. The van der Waals surface area contributed by atoms with E-state index in [4.69, 9.17) is 20.9 Å². The first kappa shape index (κ1) is 18.8. The Bertz CT molecular complexity index is 939. The zero-order valence-corrected chi connectivity index (χ0v) is 14.4. The smallest absolute Gasteiger partial charge is 0.315 e. The highest BCUT2D eigenvalue weighted by Gasteiger charge is 2.17. The number of nitro benzene ring substituents is 1. The lowest BCUT2D eigenvalue weighted by Crippen LogP contribution is -2.13. The highest BCUT2D eigenvalue weighted by molar-refractivity contribution is 7.85. The van der Waals surface area contributed by atoms with Crippen molar-refractivity contribution in [3.63, 3.8) is 0 Å². The van der Waals surface area contributed by atoms with Gasteiger partial charge in [-0.05, 0) is 42.3 Å². The van der Waals surface area contributed by atoms with E-state index in [0.29, 0.717) is 5.56 Å². The van der Waals surface area contributed by atoms with Crippen LogP contribution in [-0.2, 0) is 21.3 Å². The van der Waals surface area contributed by atoms with Gasteiger partial charge in [-0.2, -0.15) is 8.42 Å². The molecule has 25 heavy (non-hydrogen) atoms. The number of esters is 1. The van der Waals surface area contributed by atoms with E-state index >= 15 is 0 Å². The van der Waals surface area contributed by atoms with Crippen molar-refractivity contribution in [1.82, 2.24) is 0 Å². The van der Waals surface area contributed by atoms with E-state index in [1.54, 1.807) is 6.92 Å². The minimum Gasteiger partial charge on any atom is -0.426 e. The maximum Gasteiger partial charge on any atom is 0.315 e. The van der Waals surface area contributed by atoms with Crippen molar-refractivity contribution in [2.45, 2.75) is 18.2 Å². The number of carbonyl (C=O) groups is 1. The van der Waals surface area contributed by atoms with Gasteiger partial charge in [0.15, 0.2) is 0 Å². The first-order chi connectivity index (χ1) is 11.6. The van der Waals surface area contributed by atoms with Crippen LogP contribution in [0.15, 0.2) is 41.3 Å². The average Bonchev–Trinajstić information content (AvgIpc) is 2.51. The fourth-order valence-electron chi connectivity index (χ4n) is 2.00. The molecule has 2 aromatic carbocycles. The van der Waals surface area contributed by atoms with E-state index in [2.05, 4.69) is 0 Å². The number of hydrogen-bond donors (Lipinski definition) is 1. The molecule has 0 aliphatic rings. The van der Waals surface area contributed by atoms with Crippen LogP contribution in [-0.4, -0.2) is 23.9 Å². The molecular formula is C15H12ClNO7S. The molecule has 0 radical (unpaired) electrons. The second-order valence-corrected chi connectivity index (χ2v) is 6.89. The molecule has 1 N–H and O–H groups in total. The predicted octanol–water partition coefficient (Wildman–Crippen LogP) is 2.95. The lowest BCUT2D eigenvalue weighted by Gasteiger charge is -2.10. The number of benzene rings is 2. The number of carbonyl (C=O) groups excluding carboxylic acids is 1. The Labute approximate surface area is 147 Å². The molecule has 0 atom stereocenters. The highest BCUT2D eigenvalue weighted by Crippen LogP contribution is 2.25. The summed E-state index contributed by atoms with van der Waals surface area (Å²) in [5.41, 5.74) is 0.588. The Morgan fingerprint density at radius 1 is 1.28 bits per heavy atom. The van der Waals surface area contributed by atoms with Gasteiger partial charge in [-0.15, -0.1) is 0 Å². The lowest BCUT2D eigenvalue weighted by molar-refractivity contribution is -0.384. The molecule has 0 saturated heterocycles. The predicted molar refractivity (Wildman–Crippen MR) is 88.4 cm³/mol. The Morgan fingerprint density at radius 2 is 1.88 bits per heavy atom. The van der Waals surface area contributed by atoms with Crippen LogP contribution in [0.25, 0.3) is 0 Å². The molecule has 2 aromatic rings. The van der Waals surface area contributed by atoms with Gasteiger partial charge in [0.2, 0.25) is 0 Å². The lowest BCUT2D eigenvalue weighted by atomic mass is 10.1. The summed E-state index contributed by atoms with van der Waals surface area (Å²) in [6, 6.07) is 7.12. The summed E-state index contributed by atoms with van der Waals surface area (Å²) < 4.78 is 36.6. The first-order valence-corrected chi connectivity index (χ1v) is 8.61. The minimum absolute atomic E-state index is 0.0771. The van der Waals surface area contributed by atoms with E-state index < -0.39 is 25.9 Å². The summed E-state index contributed by atoms with van der Waals surface area (Å²) >= 11 is 5.92. The summed E-state index contributed by atoms with van der Waals surface area (Å²) in [6.07, 6.45) is -0.300. The monoisotopic (exact) mass is 385 g/mol. The van der Waals surface area contributed by atoms with Crippen molar-refractivity contribution in [2.24, 2.45) is 0 Å². The molecule has 132 valence electrons. The standard InChI is InChI=1S/C15H12ClNO7S/c1-9-10(6-13(8-14(9)16)25(21,22)23)7-15(18)24-12-4-2-11(3-5-12)17(19)20/h2-6,8H,7H2,1H3,(H,21,22,23). The van der Waals surface area contributed by atoms with E-state index in [1.807, 2.05) is 0 Å². The van der Waals surface area contributed by atoms with E-state index in [-0.39, 0.29) is 28.4 Å². The third-order valence-corrected chi connectivity index (χ3v) is 4.56. The quantitative estimate of drug-likeness (QED) is 0.276. The van der Waals surface area contributed by atoms with E-state index in [9.17, 15) is 23.3 Å². The van der Waals surface area contributed by atoms with Crippen LogP contribution >= 0.6 is 11.6 Å². The van der Waals surface area contributed by atoms with Gasteiger partial charge in [0.25, 0.3) is 15.8 Å². The third kappa shape index (κ3) is 4.75. The number of ether oxygens (including phenoxy) is 1. The Balaban J connectivity index is 2.20. The summed E-state index contributed by atoms with van der Waals surface area (Å²) in [4.78, 5) is 21.6. The van der Waals surface area contributed by atoms with Crippen molar-refractivity contribution in [3.8, 4) is 5.75 Å². The topological polar surface area (TPSA) is 124 Å². The van der Waals surface area contributed by atoms with Crippen LogP contribution in [0.1, 0.15) is 11.1 Å². The number of halogens is 1. The molecule has 0 aliphatic heterocycles. The maximum atomic E-state index is 12.0. The Kier molecular flexibility index (Phi) is 5.41. The fraction of sp³-hybridized carbons (Fsp3) is 0.133. The number of nitrogens with zero attached hydrogens (tertiary/aromatic N) is 1. The molecule has 2 rings (SSSR count). The molecule has 0 aliphatic carbocycles.